The first-order valence-corrected chi connectivity index (χ1v) is 4.96. The summed E-state index contributed by atoms with van der Waals surface area (Å²) in [5.74, 6) is 0. The van der Waals surface area contributed by atoms with Crippen LogP contribution in [0, 0.1) is 0 Å². The molecule has 37 valence electrons. The molecule has 0 aromatic heterocycles. The van der Waals surface area contributed by atoms with Crippen LogP contribution in [0.25, 0.3) is 0 Å². The summed E-state index contributed by atoms with van der Waals surface area (Å²) < 4.78 is 0. The van der Waals surface area contributed by atoms with Crippen LogP contribution >= 0.6 is 40.2 Å². The molecule has 0 aromatic rings. The molecular formula is H3Cl3FeP. The van der Waals surface area contributed by atoms with Gasteiger partial charge in [-0.15, -0.1) is 0 Å². The van der Waals surface area contributed by atoms with Gasteiger partial charge in [-0.1, -0.05) is 0 Å². The van der Waals surface area contributed by atoms with E-state index in [1.807, 2.05) is 0 Å². The van der Waals surface area contributed by atoms with E-state index in [-0.39, 0.29) is 9.90 Å². The fourth-order valence-electron chi connectivity index (χ4n) is 0. The van der Waals surface area contributed by atoms with Crippen molar-refractivity contribution in [3.05, 3.63) is 0 Å². The van der Waals surface area contributed by atoms with E-state index in [1.54, 1.807) is 0 Å². The Hall–Kier alpha value is 1.82. The van der Waals surface area contributed by atoms with Crippen LogP contribution in [-0.2, 0) is 11.2 Å². The summed E-state index contributed by atoms with van der Waals surface area (Å²) in [5.41, 5.74) is 0. The second kappa shape index (κ2) is 5.82. The molecular weight excluding hydrogens is 193 g/mol. The molecule has 0 fully saturated rings. The van der Waals surface area contributed by atoms with Gasteiger partial charge in [0.05, 0.1) is 0 Å². The molecule has 0 amide bonds. The molecule has 0 heterocycles. The summed E-state index contributed by atoms with van der Waals surface area (Å²) in [4.78, 5) is 0. The van der Waals surface area contributed by atoms with E-state index in [0.717, 1.165) is 0 Å². The van der Waals surface area contributed by atoms with Gasteiger partial charge in [0.1, 0.15) is 0 Å². The minimum absolute atomic E-state index is 0. The Bertz CT molecular complexity index is 11.6. The van der Waals surface area contributed by atoms with Crippen LogP contribution in [0.3, 0.4) is 0 Å². The van der Waals surface area contributed by atoms with Crippen LogP contribution in [0.4, 0.5) is 0 Å². The zero-order valence-electron chi connectivity index (χ0n) is 2.19. The fourth-order valence-corrected chi connectivity index (χ4v) is 0. The molecule has 0 nitrogen and oxygen atoms in total. The number of hydrogen-bond donors (Lipinski definition) is 0. The normalized spacial score (nSPS) is 9.00. The van der Waals surface area contributed by atoms with E-state index in [1.165, 1.54) is 0 Å². The van der Waals surface area contributed by atoms with Gasteiger partial charge < -0.3 is 0 Å². The topological polar surface area (TPSA) is 0 Å². The summed E-state index contributed by atoms with van der Waals surface area (Å²) in [6.45, 7) is 0. The van der Waals surface area contributed by atoms with Gasteiger partial charge in [-0.05, 0) is 0 Å². The molecule has 0 rings (SSSR count). The van der Waals surface area contributed by atoms with E-state index in [4.69, 9.17) is 30.3 Å². The molecule has 0 saturated heterocycles. The van der Waals surface area contributed by atoms with E-state index >= 15 is 0 Å². The number of hydrogen-bond acceptors (Lipinski definition) is 0. The third-order valence-electron chi connectivity index (χ3n) is 0. The Kier molecular flexibility index (Phi) is 11.6. The summed E-state index contributed by atoms with van der Waals surface area (Å²) in [5, 5.41) is 0. The Labute approximate surface area is 51.3 Å². The molecule has 0 N–H and O–H groups in total. The van der Waals surface area contributed by atoms with Gasteiger partial charge in [-0.25, -0.2) is 0 Å². The number of halogens is 3. The maximum atomic E-state index is 4.89. The average molecular weight is 196 g/mol. The Balaban J connectivity index is 0. The first-order valence-electron chi connectivity index (χ1n) is 0.401. The van der Waals surface area contributed by atoms with Gasteiger partial charge in [-0.3, -0.25) is 0 Å². The molecule has 0 saturated carbocycles. The van der Waals surface area contributed by atoms with Crippen LogP contribution in [0.5, 0.6) is 0 Å². The van der Waals surface area contributed by atoms with Gasteiger partial charge in [0.15, 0.2) is 0 Å². The van der Waals surface area contributed by atoms with Gasteiger partial charge >= 0.3 is 41.5 Å². The van der Waals surface area contributed by atoms with Crippen molar-refractivity contribution >= 4 is 40.2 Å². The quantitative estimate of drug-likeness (QED) is 0.411. The fraction of sp³-hybridized carbons (Fsp3) is 0. The van der Waals surface area contributed by atoms with Crippen LogP contribution in [0.15, 0.2) is 0 Å². The monoisotopic (exact) mass is 195 g/mol. The Morgan fingerprint density at radius 2 is 1.00 bits per heavy atom. The second-order valence-electron chi connectivity index (χ2n) is 0.152. The molecule has 1 unspecified atom stereocenters. The van der Waals surface area contributed by atoms with Crippen molar-refractivity contribution in [2.24, 2.45) is 0 Å². The average Bonchev–Trinajstić information content (AvgIpc) is 0.811. The molecule has 0 spiro atoms. The first kappa shape index (κ1) is 9.94. The molecule has 0 bridgehead atoms. The maximum absolute atomic E-state index is 4.89. The van der Waals surface area contributed by atoms with Crippen molar-refractivity contribution in [1.29, 1.82) is 0 Å². The molecule has 1 atom stereocenters. The zero-order valence-corrected chi connectivity index (χ0v) is 6.98. The zero-order chi connectivity index (χ0) is 3.58. The van der Waals surface area contributed by atoms with Crippen molar-refractivity contribution in [2.45, 2.75) is 0 Å². The molecule has 5 heteroatoms. The van der Waals surface area contributed by atoms with Gasteiger partial charge in [0.25, 0.3) is 0 Å². The SMILES string of the molecule is P.[Cl][Fe]([Cl])[Cl]. The first-order chi connectivity index (χ1) is 1.73. The Morgan fingerprint density at radius 3 is 1.00 bits per heavy atom. The van der Waals surface area contributed by atoms with Gasteiger partial charge in [0.2, 0.25) is 0 Å². The van der Waals surface area contributed by atoms with E-state index < -0.39 is 11.2 Å². The Morgan fingerprint density at radius 1 is 1.00 bits per heavy atom. The third-order valence-corrected chi connectivity index (χ3v) is 0. The van der Waals surface area contributed by atoms with E-state index in [2.05, 4.69) is 0 Å². The van der Waals surface area contributed by atoms with Crippen molar-refractivity contribution in [2.75, 3.05) is 0 Å². The van der Waals surface area contributed by atoms with Crippen molar-refractivity contribution in [1.82, 2.24) is 0 Å². The molecule has 0 aliphatic rings. The van der Waals surface area contributed by atoms with Crippen molar-refractivity contribution in [3.8, 4) is 0 Å². The van der Waals surface area contributed by atoms with Crippen LogP contribution in [-0.4, -0.2) is 0 Å². The van der Waals surface area contributed by atoms with Crippen molar-refractivity contribution in [3.63, 3.8) is 0 Å². The molecule has 0 aliphatic heterocycles. The molecule has 0 aliphatic carbocycles. The van der Waals surface area contributed by atoms with Gasteiger partial charge in [-0.2, -0.15) is 9.90 Å². The molecule has 0 aromatic carbocycles. The summed E-state index contributed by atoms with van der Waals surface area (Å²) >= 11 is -1.33. The van der Waals surface area contributed by atoms with E-state index in [0.29, 0.717) is 0 Å². The van der Waals surface area contributed by atoms with Crippen LogP contribution < -0.4 is 0 Å². The minimum atomic E-state index is -1.33. The second-order valence-corrected chi connectivity index (χ2v) is 5.62. The predicted molar refractivity (Wildman–Crippen MR) is 28.7 cm³/mol. The molecule has 0 radical (unpaired) electrons. The predicted octanol–water partition coefficient (Wildman–Crippen LogP) is 2.12. The summed E-state index contributed by atoms with van der Waals surface area (Å²) in [7, 11) is 14.7. The van der Waals surface area contributed by atoms with Crippen LogP contribution in [0.2, 0.25) is 0 Å². The van der Waals surface area contributed by atoms with Gasteiger partial charge in [0, 0.05) is 0 Å². The summed E-state index contributed by atoms with van der Waals surface area (Å²) in [6.07, 6.45) is 0. The standard InChI is InChI=1S/3ClH.Fe.H3P/h3*1H;;1H3/q;;;+3;/p-3. The van der Waals surface area contributed by atoms with Crippen LogP contribution in [0.1, 0.15) is 0 Å². The van der Waals surface area contributed by atoms with Crippen molar-refractivity contribution < 1.29 is 11.2 Å². The van der Waals surface area contributed by atoms with E-state index in [9.17, 15) is 0 Å². The third kappa shape index (κ3) is 25.6. The number of rotatable bonds is 0. The molecule has 5 heavy (non-hydrogen) atoms. The summed E-state index contributed by atoms with van der Waals surface area (Å²) in [6, 6.07) is 0.